The van der Waals surface area contributed by atoms with Crippen molar-refractivity contribution in [2.24, 2.45) is 0 Å². The average Bonchev–Trinajstić information content (AvgIpc) is 3.25. The van der Waals surface area contributed by atoms with Gasteiger partial charge in [-0.1, -0.05) is 24.3 Å². The molecule has 148 valence electrons. The second-order valence-corrected chi connectivity index (χ2v) is 7.96. The molecule has 0 atom stereocenters. The van der Waals surface area contributed by atoms with Gasteiger partial charge in [-0.3, -0.25) is 14.6 Å². The van der Waals surface area contributed by atoms with Crippen LogP contribution in [-0.2, 0) is 0 Å². The van der Waals surface area contributed by atoms with Gasteiger partial charge in [-0.15, -0.1) is 0 Å². The van der Waals surface area contributed by atoms with Crippen molar-refractivity contribution in [1.29, 1.82) is 0 Å². The number of benzene rings is 1. The van der Waals surface area contributed by atoms with Gasteiger partial charge in [0.05, 0.1) is 6.26 Å². The average molecular weight is 380 g/mol. The van der Waals surface area contributed by atoms with Gasteiger partial charge in [0, 0.05) is 50.4 Å². The number of furan rings is 1. The van der Waals surface area contributed by atoms with Gasteiger partial charge in [-0.25, -0.2) is 0 Å². The highest BCUT2D eigenvalue weighted by atomic mass is 16.3. The van der Waals surface area contributed by atoms with Gasteiger partial charge in [-0.2, -0.15) is 0 Å². The van der Waals surface area contributed by atoms with Crippen LogP contribution in [0, 0.1) is 0 Å². The zero-order valence-electron chi connectivity index (χ0n) is 16.6. The Balaban J connectivity index is 1.35. The monoisotopic (exact) mass is 379 g/mol. The van der Waals surface area contributed by atoms with E-state index in [-0.39, 0.29) is 11.4 Å². The molecule has 0 radical (unpaired) electrons. The first kappa shape index (κ1) is 19.0. The number of hydrogen-bond acceptors (Lipinski definition) is 4. The number of amides is 1. The maximum Gasteiger partial charge on any atom is 0.253 e. The van der Waals surface area contributed by atoms with E-state index in [1.807, 2.05) is 53.4 Å². The molecular weight excluding hydrogens is 350 g/mol. The first-order valence-corrected chi connectivity index (χ1v) is 10.1. The van der Waals surface area contributed by atoms with Gasteiger partial charge in [0.25, 0.3) is 5.91 Å². The number of hydrogen-bond donors (Lipinski definition) is 0. The Labute approximate surface area is 167 Å². The molecule has 2 aliphatic rings. The standard InChI is InChI=1S/C23H29N3O2/c1-24-16-17-25(13-5-9-21-10-6-18-28-21)19-23(24)11-14-26(15-12-23)22(27)20-7-3-2-4-8-20/h2-10,18H,11-17,19H2,1H3. The fourth-order valence-corrected chi connectivity index (χ4v) is 4.43. The van der Waals surface area contributed by atoms with Gasteiger partial charge in [0.1, 0.15) is 5.76 Å². The predicted molar refractivity (Wildman–Crippen MR) is 111 cm³/mol. The van der Waals surface area contributed by atoms with Crippen molar-refractivity contribution in [3.8, 4) is 0 Å². The van der Waals surface area contributed by atoms with E-state index in [0.717, 1.165) is 63.4 Å². The Morgan fingerprint density at radius 1 is 1.07 bits per heavy atom. The first-order valence-electron chi connectivity index (χ1n) is 10.1. The third-order valence-corrected chi connectivity index (χ3v) is 6.27. The number of piperazine rings is 1. The highest BCUT2D eigenvalue weighted by Crippen LogP contribution is 2.32. The highest BCUT2D eigenvalue weighted by molar-refractivity contribution is 5.94. The number of likely N-dealkylation sites (N-methyl/N-ethyl adjacent to an activating group) is 1. The van der Waals surface area contributed by atoms with E-state index in [0.29, 0.717) is 0 Å². The molecule has 1 spiro atoms. The number of likely N-dealkylation sites (tertiary alicyclic amines) is 1. The lowest BCUT2D eigenvalue weighted by molar-refractivity contribution is -0.0201. The minimum absolute atomic E-state index is 0.159. The van der Waals surface area contributed by atoms with Crippen molar-refractivity contribution in [3.05, 3.63) is 66.1 Å². The van der Waals surface area contributed by atoms with Crippen molar-refractivity contribution in [1.82, 2.24) is 14.7 Å². The fourth-order valence-electron chi connectivity index (χ4n) is 4.43. The van der Waals surface area contributed by atoms with Crippen LogP contribution in [0.5, 0.6) is 0 Å². The zero-order valence-corrected chi connectivity index (χ0v) is 16.6. The molecule has 5 nitrogen and oxygen atoms in total. The number of carbonyl (C=O) groups excluding carboxylic acids is 1. The molecule has 2 aromatic rings. The van der Waals surface area contributed by atoms with Crippen LogP contribution in [-0.4, -0.2) is 72.5 Å². The highest BCUT2D eigenvalue weighted by Gasteiger charge is 2.42. The molecule has 2 aliphatic heterocycles. The van der Waals surface area contributed by atoms with Crippen LogP contribution >= 0.6 is 0 Å². The zero-order chi connectivity index (χ0) is 19.4. The SMILES string of the molecule is CN1CCN(CC=Cc2ccco2)CC12CCN(C(=O)c1ccccc1)CC2. The largest absolute Gasteiger partial charge is 0.465 e. The van der Waals surface area contributed by atoms with E-state index in [2.05, 4.69) is 22.9 Å². The third kappa shape index (κ3) is 4.05. The number of piperidine rings is 1. The molecule has 0 saturated carbocycles. The third-order valence-electron chi connectivity index (χ3n) is 6.27. The Morgan fingerprint density at radius 3 is 2.57 bits per heavy atom. The lowest BCUT2D eigenvalue weighted by Gasteiger charge is -2.53. The molecule has 1 aromatic heterocycles. The summed E-state index contributed by atoms with van der Waals surface area (Å²) >= 11 is 0. The molecule has 0 aliphatic carbocycles. The van der Waals surface area contributed by atoms with Gasteiger partial charge in [0.15, 0.2) is 0 Å². The predicted octanol–water partition coefficient (Wildman–Crippen LogP) is 3.22. The molecule has 2 saturated heterocycles. The minimum atomic E-state index is 0.159. The number of nitrogens with zero attached hydrogens (tertiary/aromatic N) is 3. The second-order valence-electron chi connectivity index (χ2n) is 7.96. The summed E-state index contributed by atoms with van der Waals surface area (Å²) in [5, 5.41) is 0. The maximum atomic E-state index is 12.8. The van der Waals surface area contributed by atoms with Crippen LogP contribution in [0.3, 0.4) is 0 Å². The van der Waals surface area contributed by atoms with Crippen molar-refractivity contribution in [2.75, 3.05) is 46.3 Å². The summed E-state index contributed by atoms with van der Waals surface area (Å²) in [5.74, 6) is 1.06. The van der Waals surface area contributed by atoms with E-state index < -0.39 is 0 Å². The van der Waals surface area contributed by atoms with Crippen LogP contribution in [0.15, 0.2) is 59.2 Å². The van der Waals surface area contributed by atoms with E-state index >= 15 is 0 Å². The molecule has 0 bridgehead atoms. The lowest BCUT2D eigenvalue weighted by Crippen LogP contribution is -2.64. The molecule has 1 aromatic carbocycles. The molecule has 2 fully saturated rings. The van der Waals surface area contributed by atoms with Gasteiger partial charge in [0.2, 0.25) is 0 Å². The minimum Gasteiger partial charge on any atom is -0.465 e. The molecular formula is C23H29N3O2. The summed E-state index contributed by atoms with van der Waals surface area (Å²) in [6.45, 7) is 5.79. The van der Waals surface area contributed by atoms with Crippen LogP contribution in [0.1, 0.15) is 29.0 Å². The van der Waals surface area contributed by atoms with Crippen LogP contribution in [0.4, 0.5) is 0 Å². The number of carbonyl (C=O) groups is 1. The van der Waals surface area contributed by atoms with Crippen LogP contribution < -0.4 is 0 Å². The summed E-state index contributed by atoms with van der Waals surface area (Å²) in [6.07, 6.45) is 7.99. The molecule has 3 heterocycles. The lowest BCUT2D eigenvalue weighted by atomic mass is 9.83. The molecule has 28 heavy (non-hydrogen) atoms. The van der Waals surface area contributed by atoms with E-state index in [4.69, 9.17) is 4.42 Å². The summed E-state index contributed by atoms with van der Waals surface area (Å²) < 4.78 is 5.37. The molecule has 4 rings (SSSR count). The fraction of sp³-hybridized carbons (Fsp3) is 0.435. The molecule has 0 unspecified atom stereocenters. The maximum absolute atomic E-state index is 12.8. The Hall–Kier alpha value is -2.37. The molecule has 5 heteroatoms. The smallest absolute Gasteiger partial charge is 0.253 e. The van der Waals surface area contributed by atoms with Crippen molar-refractivity contribution < 1.29 is 9.21 Å². The molecule has 1 amide bonds. The van der Waals surface area contributed by atoms with E-state index in [1.54, 1.807) is 6.26 Å². The summed E-state index contributed by atoms with van der Waals surface area (Å²) in [7, 11) is 2.24. The van der Waals surface area contributed by atoms with Gasteiger partial charge >= 0.3 is 0 Å². The van der Waals surface area contributed by atoms with E-state index in [9.17, 15) is 4.79 Å². The number of rotatable bonds is 4. The van der Waals surface area contributed by atoms with Crippen LogP contribution in [0.2, 0.25) is 0 Å². The first-order chi connectivity index (χ1) is 13.7. The summed E-state index contributed by atoms with van der Waals surface area (Å²) in [5.41, 5.74) is 0.963. The Kier molecular flexibility index (Phi) is 5.64. The molecule has 0 N–H and O–H groups in total. The van der Waals surface area contributed by atoms with Crippen molar-refractivity contribution >= 4 is 12.0 Å². The van der Waals surface area contributed by atoms with Crippen LogP contribution in [0.25, 0.3) is 6.08 Å². The Morgan fingerprint density at radius 2 is 1.86 bits per heavy atom. The van der Waals surface area contributed by atoms with E-state index in [1.165, 1.54) is 0 Å². The Bertz CT molecular complexity index is 793. The van der Waals surface area contributed by atoms with Gasteiger partial charge < -0.3 is 9.32 Å². The second kappa shape index (κ2) is 8.33. The summed E-state index contributed by atoms with van der Waals surface area (Å²) in [6, 6.07) is 13.5. The normalized spacial score (nSPS) is 20.8. The summed E-state index contributed by atoms with van der Waals surface area (Å²) in [4.78, 5) is 19.8. The van der Waals surface area contributed by atoms with Gasteiger partial charge in [-0.05, 0) is 50.2 Å². The van der Waals surface area contributed by atoms with Crippen molar-refractivity contribution in [3.63, 3.8) is 0 Å². The van der Waals surface area contributed by atoms with Crippen molar-refractivity contribution in [2.45, 2.75) is 18.4 Å². The quantitative estimate of drug-likeness (QED) is 0.818. The topological polar surface area (TPSA) is 39.9 Å².